The van der Waals surface area contributed by atoms with Gasteiger partial charge in [0.25, 0.3) is 5.91 Å². The van der Waals surface area contributed by atoms with Crippen molar-refractivity contribution in [3.05, 3.63) is 51.7 Å². The first-order chi connectivity index (χ1) is 10.6. The first-order valence-electron chi connectivity index (χ1n) is 7.32. The van der Waals surface area contributed by atoms with Crippen LogP contribution in [-0.4, -0.2) is 24.7 Å². The van der Waals surface area contributed by atoms with Crippen LogP contribution in [0.5, 0.6) is 5.75 Å². The highest BCUT2D eigenvalue weighted by Crippen LogP contribution is 2.36. The van der Waals surface area contributed by atoms with Crippen molar-refractivity contribution in [2.75, 3.05) is 13.7 Å². The number of hydrogen-bond acceptors (Lipinski definition) is 4. The van der Waals surface area contributed by atoms with E-state index in [0.717, 1.165) is 29.7 Å². The van der Waals surface area contributed by atoms with Crippen LogP contribution in [0.3, 0.4) is 0 Å². The number of amides is 1. The largest absolute Gasteiger partial charge is 0.497 e. The SMILES string of the molecule is COc1ccc2c(c1)CCC[C@]2(O)CNC(=O)c1ccsc1. The van der Waals surface area contributed by atoms with Gasteiger partial charge in [0.1, 0.15) is 11.4 Å². The van der Waals surface area contributed by atoms with Crippen molar-refractivity contribution in [2.24, 2.45) is 0 Å². The van der Waals surface area contributed by atoms with Crippen LogP contribution in [0.15, 0.2) is 35.0 Å². The van der Waals surface area contributed by atoms with Crippen LogP contribution < -0.4 is 10.1 Å². The second kappa shape index (κ2) is 6.10. The molecule has 0 spiro atoms. The molecule has 4 nitrogen and oxygen atoms in total. The minimum Gasteiger partial charge on any atom is -0.497 e. The highest BCUT2D eigenvalue weighted by atomic mass is 32.1. The zero-order valence-corrected chi connectivity index (χ0v) is 13.3. The van der Waals surface area contributed by atoms with E-state index in [1.807, 2.05) is 23.6 Å². The predicted molar refractivity (Wildman–Crippen MR) is 86.5 cm³/mol. The van der Waals surface area contributed by atoms with E-state index in [0.29, 0.717) is 12.0 Å². The van der Waals surface area contributed by atoms with Crippen molar-refractivity contribution in [3.8, 4) is 5.75 Å². The highest BCUT2D eigenvalue weighted by Gasteiger charge is 2.34. The molecule has 0 saturated heterocycles. The molecule has 0 unspecified atom stereocenters. The molecule has 1 aromatic heterocycles. The summed E-state index contributed by atoms with van der Waals surface area (Å²) in [4.78, 5) is 12.1. The van der Waals surface area contributed by atoms with Crippen LogP contribution in [0.4, 0.5) is 0 Å². The van der Waals surface area contributed by atoms with E-state index in [9.17, 15) is 9.90 Å². The standard InChI is InChI=1S/C17H19NO3S/c1-21-14-4-5-15-12(9-14)3-2-7-17(15,20)11-18-16(19)13-6-8-22-10-13/h4-6,8-10,20H,2-3,7,11H2,1H3,(H,18,19)/t17-/m0/s1. The Hall–Kier alpha value is -1.85. The van der Waals surface area contributed by atoms with E-state index in [-0.39, 0.29) is 12.5 Å². The number of carbonyl (C=O) groups excluding carboxylic acids is 1. The molecule has 0 radical (unpaired) electrons. The number of carbonyl (C=O) groups is 1. The lowest BCUT2D eigenvalue weighted by molar-refractivity contribution is 0.0189. The maximum Gasteiger partial charge on any atom is 0.252 e. The number of methoxy groups -OCH3 is 1. The highest BCUT2D eigenvalue weighted by molar-refractivity contribution is 7.08. The van der Waals surface area contributed by atoms with Gasteiger partial charge in [0, 0.05) is 10.9 Å². The van der Waals surface area contributed by atoms with Gasteiger partial charge in [0.15, 0.2) is 0 Å². The molecule has 0 fully saturated rings. The van der Waals surface area contributed by atoms with Gasteiger partial charge in [-0.1, -0.05) is 6.07 Å². The number of nitrogens with one attached hydrogen (secondary N) is 1. The Labute approximate surface area is 133 Å². The van der Waals surface area contributed by atoms with Gasteiger partial charge in [0.2, 0.25) is 0 Å². The zero-order valence-electron chi connectivity index (χ0n) is 12.5. The summed E-state index contributed by atoms with van der Waals surface area (Å²) in [6.45, 7) is 0.223. The van der Waals surface area contributed by atoms with Crippen LogP contribution in [-0.2, 0) is 12.0 Å². The summed E-state index contributed by atoms with van der Waals surface area (Å²) < 4.78 is 5.25. The van der Waals surface area contributed by atoms with E-state index in [1.165, 1.54) is 11.3 Å². The monoisotopic (exact) mass is 317 g/mol. The maximum atomic E-state index is 12.1. The van der Waals surface area contributed by atoms with Crippen molar-refractivity contribution in [1.82, 2.24) is 5.32 Å². The first-order valence-corrected chi connectivity index (χ1v) is 8.27. The Kier molecular flexibility index (Phi) is 4.18. The van der Waals surface area contributed by atoms with E-state index < -0.39 is 5.60 Å². The normalized spacial score (nSPS) is 20.3. The van der Waals surface area contributed by atoms with E-state index in [4.69, 9.17) is 4.74 Å². The van der Waals surface area contributed by atoms with Crippen molar-refractivity contribution in [3.63, 3.8) is 0 Å². The lowest BCUT2D eigenvalue weighted by Crippen LogP contribution is -2.42. The molecule has 1 atom stereocenters. The van der Waals surface area contributed by atoms with E-state index in [2.05, 4.69) is 5.32 Å². The Balaban J connectivity index is 1.78. The number of fused-ring (bicyclic) bond motifs is 1. The molecule has 1 aromatic carbocycles. The van der Waals surface area contributed by atoms with Gasteiger partial charge in [-0.3, -0.25) is 4.79 Å². The molecule has 1 amide bonds. The summed E-state index contributed by atoms with van der Waals surface area (Å²) in [7, 11) is 1.64. The average molecular weight is 317 g/mol. The van der Waals surface area contributed by atoms with Crippen LogP contribution >= 0.6 is 11.3 Å². The summed E-state index contributed by atoms with van der Waals surface area (Å²) in [5.74, 6) is 0.653. The number of aryl methyl sites for hydroxylation is 1. The summed E-state index contributed by atoms with van der Waals surface area (Å²) in [6, 6.07) is 7.52. The Morgan fingerprint density at radius 1 is 1.45 bits per heavy atom. The van der Waals surface area contributed by atoms with Crippen molar-refractivity contribution >= 4 is 17.2 Å². The topological polar surface area (TPSA) is 58.6 Å². The fourth-order valence-electron chi connectivity index (χ4n) is 2.97. The molecule has 2 N–H and O–H groups in total. The third-order valence-electron chi connectivity index (χ3n) is 4.17. The lowest BCUT2D eigenvalue weighted by atomic mass is 9.79. The van der Waals surface area contributed by atoms with Gasteiger partial charge in [0.05, 0.1) is 13.7 Å². The van der Waals surface area contributed by atoms with Crippen LogP contribution in [0.25, 0.3) is 0 Å². The molecule has 5 heteroatoms. The summed E-state index contributed by atoms with van der Waals surface area (Å²) in [5.41, 5.74) is 1.62. The molecular formula is C17H19NO3S. The molecule has 2 aromatic rings. The van der Waals surface area contributed by atoms with Gasteiger partial charge in [-0.05, 0) is 54.0 Å². The molecule has 0 saturated carbocycles. The molecular weight excluding hydrogens is 298 g/mol. The second-order valence-electron chi connectivity index (χ2n) is 5.60. The number of hydrogen-bond donors (Lipinski definition) is 2. The summed E-state index contributed by atoms with van der Waals surface area (Å²) >= 11 is 1.48. The van der Waals surface area contributed by atoms with Crippen molar-refractivity contribution in [2.45, 2.75) is 24.9 Å². The van der Waals surface area contributed by atoms with Gasteiger partial charge < -0.3 is 15.2 Å². The second-order valence-corrected chi connectivity index (χ2v) is 6.38. The number of aliphatic hydroxyl groups is 1. The van der Waals surface area contributed by atoms with Crippen molar-refractivity contribution < 1.29 is 14.6 Å². The number of benzene rings is 1. The predicted octanol–water partition coefficient (Wildman–Crippen LogP) is 2.71. The third-order valence-corrected chi connectivity index (χ3v) is 4.86. The van der Waals surface area contributed by atoms with E-state index in [1.54, 1.807) is 18.6 Å². The Morgan fingerprint density at radius 2 is 2.32 bits per heavy atom. The molecule has 1 aliphatic carbocycles. The minimum atomic E-state index is -1.01. The van der Waals surface area contributed by atoms with Crippen LogP contribution in [0.1, 0.15) is 34.3 Å². The van der Waals surface area contributed by atoms with Gasteiger partial charge >= 0.3 is 0 Å². The van der Waals surface area contributed by atoms with Gasteiger partial charge in [-0.15, -0.1) is 0 Å². The summed E-state index contributed by atoms with van der Waals surface area (Å²) in [5, 5.41) is 17.5. The minimum absolute atomic E-state index is 0.143. The summed E-state index contributed by atoms with van der Waals surface area (Å²) in [6.07, 6.45) is 2.47. The van der Waals surface area contributed by atoms with Crippen LogP contribution in [0, 0.1) is 0 Å². The van der Waals surface area contributed by atoms with Crippen molar-refractivity contribution in [1.29, 1.82) is 0 Å². The third kappa shape index (κ3) is 2.87. The smallest absolute Gasteiger partial charge is 0.252 e. The average Bonchev–Trinajstić information content (AvgIpc) is 3.07. The van der Waals surface area contributed by atoms with Crippen LogP contribution in [0.2, 0.25) is 0 Å². The van der Waals surface area contributed by atoms with Gasteiger partial charge in [-0.2, -0.15) is 11.3 Å². The fourth-order valence-corrected chi connectivity index (χ4v) is 3.61. The molecule has 1 heterocycles. The zero-order chi connectivity index (χ0) is 15.6. The number of thiophene rings is 1. The molecule has 116 valence electrons. The van der Waals surface area contributed by atoms with E-state index >= 15 is 0 Å². The maximum absolute atomic E-state index is 12.1. The lowest BCUT2D eigenvalue weighted by Gasteiger charge is -2.34. The fraction of sp³-hybridized carbons (Fsp3) is 0.353. The number of ether oxygens (including phenoxy) is 1. The first kappa shape index (κ1) is 15.1. The quantitative estimate of drug-likeness (QED) is 0.911. The molecule has 3 rings (SSSR count). The molecule has 0 bridgehead atoms. The Morgan fingerprint density at radius 3 is 3.05 bits per heavy atom. The number of rotatable bonds is 4. The van der Waals surface area contributed by atoms with Gasteiger partial charge in [-0.25, -0.2) is 0 Å². The Bertz CT molecular complexity index is 669. The molecule has 0 aliphatic heterocycles. The molecule has 1 aliphatic rings. The molecule has 22 heavy (non-hydrogen) atoms.